The Balaban J connectivity index is 2.39. The minimum Gasteiger partial charge on any atom is -0.444 e. The van der Waals surface area contributed by atoms with Gasteiger partial charge in [-0.2, -0.15) is 0 Å². The third-order valence-electron chi connectivity index (χ3n) is 2.80. The Morgan fingerprint density at radius 1 is 1.33 bits per heavy atom. The molecule has 0 radical (unpaired) electrons. The van der Waals surface area contributed by atoms with Gasteiger partial charge in [-0.3, -0.25) is 0 Å². The van der Waals surface area contributed by atoms with Crippen molar-refractivity contribution in [3.05, 3.63) is 11.6 Å². The maximum atomic E-state index is 11.9. The van der Waals surface area contributed by atoms with E-state index in [1.165, 1.54) is 5.57 Å². The summed E-state index contributed by atoms with van der Waals surface area (Å²) in [5.41, 5.74) is 1.04. The number of amides is 1. The molecule has 104 valence electrons. The lowest BCUT2D eigenvalue weighted by molar-refractivity contribution is 0.0236. The fraction of sp³-hybridized carbons (Fsp3) is 0.786. The van der Waals surface area contributed by atoms with Gasteiger partial charge in [-0.25, -0.2) is 4.79 Å². The molecular weight excluding hydrogens is 228 g/mol. The number of hydrogen-bond acceptors (Lipinski definition) is 3. The second-order valence-corrected chi connectivity index (χ2v) is 6.09. The van der Waals surface area contributed by atoms with Gasteiger partial charge in [0, 0.05) is 19.6 Å². The molecule has 0 bridgehead atoms. The van der Waals surface area contributed by atoms with E-state index in [-0.39, 0.29) is 6.09 Å². The molecule has 1 saturated heterocycles. The van der Waals surface area contributed by atoms with E-state index in [2.05, 4.69) is 25.1 Å². The van der Waals surface area contributed by atoms with Crippen LogP contribution in [0.4, 0.5) is 4.79 Å². The molecule has 0 spiro atoms. The molecule has 0 aromatic carbocycles. The molecule has 0 unspecified atom stereocenters. The van der Waals surface area contributed by atoms with E-state index in [1.54, 1.807) is 4.90 Å². The van der Waals surface area contributed by atoms with Gasteiger partial charge >= 0.3 is 6.09 Å². The zero-order chi connectivity index (χ0) is 13.8. The topological polar surface area (TPSA) is 32.8 Å². The van der Waals surface area contributed by atoms with Crippen molar-refractivity contribution >= 4 is 6.09 Å². The highest BCUT2D eigenvalue weighted by molar-refractivity contribution is 5.68. The average molecular weight is 254 g/mol. The van der Waals surface area contributed by atoms with E-state index in [0.29, 0.717) is 0 Å². The van der Waals surface area contributed by atoms with Crippen molar-refractivity contribution in [2.75, 3.05) is 33.7 Å². The summed E-state index contributed by atoms with van der Waals surface area (Å²) in [7, 11) is 4.12. The number of carbonyl (C=O) groups is 1. The molecule has 1 fully saturated rings. The Labute approximate surface area is 111 Å². The van der Waals surface area contributed by atoms with Crippen molar-refractivity contribution in [2.24, 2.45) is 0 Å². The number of carbonyl (C=O) groups excluding carboxylic acids is 1. The molecule has 1 aliphatic heterocycles. The van der Waals surface area contributed by atoms with Gasteiger partial charge in [0.05, 0.1) is 0 Å². The smallest absolute Gasteiger partial charge is 0.410 e. The fourth-order valence-electron chi connectivity index (χ4n) is 1.82. The molecule has 1 amide bonds. The zero-order valence-electron chi connectivity index (χ0n) is 12.3. The first-order valence-electron chi connectivity index (χ1n) is 6.58. The van der Waals surface area contributed by atoms with Gasteiger partial charge in [-0.15, -0.1) is 0 Å². The second kappa shape index (κ2) is 6.23. The number of ether oxygens (including phenoxy) is 1. The van der Waals surface area contributed by atoms with Crippen molar-refractivity contribution in [2.45, 2.75) is 39.2 Å². The lowest BCUT2D eigenvalue weighted by Crippen LogP contribution is -2.40. The van der Waals surface area contributed by atoms with Crippen molar-refractivity contribution in [3.63, 3.8) is 0 Å². The Hall–Kier alpha value is -1.03. The van der Waals surface area contributed by atoms with Gasteiger partial charge in [0.15, 0.2) is 0 Å². The van der Waals surface area contributed by atoms with Gasteiger partial charge < -0.3 is 14.5 Å². The van der Waals surface area contributed by atoms with E-state index in [1.807, 2.05) is 20.8 Å². The van der Waals surface area contributed by atoms with E-state index >= 15 is 0 Å². The summed E-state index contributed by atoms with van der Waals surface area (Å²) < 4.78 is 5.37. The van der Waals surface area contributed by atoms with Crippen molar-refractivity contribution in [1.82, 2.24) is 9.80 Å². The lowest BCUT2D eigenvalue weighted by atomic mass is 10.0. The van der Waals surface area contributed by atoms with E-state index in [9.17, 15) is 4.79 Å². The van der Waals surface area contributed by atoms with Crippen molar-refractivity contribution in [3.8, 4) is 0 Å². The summed E-state index contributed by atoms with van der Waals surface area (Å²) in [5, 5.41) is 0. The molecule has 18 heavy (non-hydrogen) atoms. The van der Waals surface area contributed by atoms with E-state index in [0.717, 1.165) is 32.5 Å². The Kier molecular flexibility index (Phi) is 5.20. The minimum absolute atomic E-state index is 0.186. The molecule has 0 aromatic rings. The number of rotatable bonds is 2. The predicted octanol–water partition coefficient (Wildman–Crippen LogP) is 2.51. The maximum absolute atomic E-state index is 11.9. The molecule has 0 atom stereocenters. The summed E-state index contributed by atoms with van der Waals surface area (Å²) in [5.74, 6) is 0. The van der Waals surface area contributed by atoms with Crippen LogP contribution < -0.4 is 0 Å². The molecule has 0 aromatic heterocycles. The van der Waals surface area contributed by atoms with Crippen LogP contribution in [0.1, 0.15) is 33.6 Å². The first-order chi connectivity index (χ1) is 8.28. The quantitative estimate of drug-likeness (QED) is 0.710. The molecule has 1 heterocycles. The van der Waals surface area contributed by atoms with Crippen LogP contribution >= 0.6 is 0 Å². The number of likely N-dealkylation sites (N-methyl/N-ethyl adjacent to an activating group) is 1. The highest BCUT2D eigenvalue weighted by Gasteiger charge is 2.24. The Morgan fingerprint density at radius 2 is 1.89 bits per heavy atom. The summed E-state index contributed by atoms with van der Waals surface area (Å²) in [6.45, 7) is 8.22. The average Bonchev–Trinajstić information content (AvgIpc) is 2.24. The number of piperidine rings is 1. The third kappa shape index (κ3) is 5.54. The molecule has 4 heteroatoms. The highest BCUT2D eigenvalue weighted by Crippen LogP contribution is 2.18. The maximum Gasteiger partial charge on any atom is 0.410 e. The zero-order valence-corrected chi connectivity index (χ0v) is 12.3. The first kappa shape index (κ1) is 15.0. The van der Waals surface area contributed by atoms with Gasteiger partial charge in [0.1, 0.15) is 5.60 Å². The van der Waals surface area contributed by atoms with Crippen LogP contribution in [-0.2, 0) is 4.74 Å². The molecule has 0 aliphatic carbocycles. The van der Waals surface area contributed by atoms with Crippen molar-refractivity contribution < 1.29 is 9.53 Å². The van der Waals surface area contributed by atoms with Crippen LogP contribution in [0.3, 0.4) is 0 Å². The van der Waals surface area contributed by atoms with Gasteiger partial charge in [0.25, 0.3) is 0 Å². The standard InChI is InChI=1S/C14H26N2O2/c1-14(2,3)18-13(17)16-10-7-12(8-11-16)6-9-15(4)5/h6H,7-11H2,1-5H3. The molecule has 4 nitrogen and oxygen atoms in total. The SMILES string of the molecule is CN(C)CC=C1CCN(C(=O)OC(C)(C)C)CC1. The van der Waals surface area contributed by atoms with Crippen LogP contribution in [-0.4, -0.2) is 55.2 Å². The largest absolute Gasteiger partial charge is 0.444 e. The van der Waals surface area contributed by atoms with Crippen molar-refractivity contribution in [1.29, 1.82) is 0 Å². The van der Waals surface area contributed by atoms with Gasteiger partial charge in [-0.1, -0.05) is 11.6 Å². The summed E-state index contributed by atoms with van der Waals surface area (Å²) in [6, 6.07) is 0. The van der Waals surface area contributed by atoms with Gasteiger partial charge in [0.2, 0.25) is 0 Å². The fourth-order valence-corrected chi connectivity index (χ4v) is 1.82. The second-order valence-electron chi connectivity index (χ2n) is 6.09. The number of nitrogens with zero attached hydrogens (tertiary/aromatic N) is 2. The Morgan fingerprint density at radius 3 is 2.33 bits per heavy atom. The molecule has 1 rings (SSSR count). The summed E-state index contributed by atoms with van der Waals surface area (Å²) in [6.07, 6.45) is 4.02. The van der Waals surface area contributed by atoms with Crippen LogP contribution in [0, 0.1) is 0 Å². The number of likely N-dealkylation sites (tertiary alicyclic amines) is 1. The normalized spacial score (nSPS) is 17.0. The monoisotopic (exact) mass is 254 g/mol. The molecule has 1 aliphatic rings. The predicted molar refractivity (Wildman–Crippen MR) is 73.7 cm³/mol. The lowest BCUT2D eigenvalue weighted by Gasteiger charge is -2.31. The van der Waals surface area contributed by atoms with Crippen LogP contribution in [0.5, 0.6) is 0 Å². The molecule has 0 N–H and O–H groups in total. The van der Waals surface area contributed by atoms with E-state index in [4.69, 9.17) is 4.74 Å². The number of hydrogen-bond donors (Lipinski definition) is 0. The van der Waals surface area contributed by atoms with Crippen LogP contribution in [0.25, 0.3) is 0 Å². The van der Waals surface area contributed by atoms with Crippen LogP contribution in [0.15, 0.2) is 11.6 Å². The summed E-state index contributed by atoms with van der Waals surface area (Å²) >= 11 is 0. The summed E-state index contributed by atoms with van der Waals surface area (Å²) in [4.78, 5) is 15.8. The van der Waals surface area contributed by atoms with Crippen LogP contribution in [0.2, 0.25) is 0 Å². The van der Waals surface area contributed by atoms with E-state index < -0.39 is 5.60 Å². The minimum atomic E-state index is -0.405. The highest BCUT2D eigenvalue weighted by atomic mass is 16.6. The first-order valence-corrected chi connectivity index (χ1v) is 6.58. The third-order valence-corrected chi connectivity index (χ3v) is 2.80. The molecule has 0 saturated carbocycles. The Bertz CT molecular complexity index is 306. The van der Waals surface area contributed by atoms with Gasteiger partial charge in [-0.05, 0) is 47.7 Å². The molecular formula is C14H26N2O2.